The molecule has 18 nitrogen and oxygen atoms in total. The van der Waals surface area contributed by atoms with Crippen molar-refractivity contribution < 1.29 is 98.9 Å². The first-order chi connectivity index (χ1) is 41.5. The maximum absolute atomic E-state index is 12.7. The Labute approximate surface area is 508 Å². The second-order valence-corrected chi connectivity index (χ2v) is 26.6. The molecule has 0 unspecified atom stereocenters. The zero-order chi connectivity index (χ0) is 65.9. The number of hydrogen-bond acceptors (Lipinski definition) is 17. The molecule has 0 bridgehead atoms. The molecule has 0 spiro atoms. The van der Waals surface area contributed by atoms with Crippen molar-refractivity contribution in [2.24, 2.45) is 16.0 Å². The molecule has 8 aromatic rings. The quantitative estimate of drug-likeness (QED) is 0.0154. The van der Waals surface area contributed by atoms with E-state index >= 15 is 0 Å². The minimum atomic E-state index is -4.61. The summed E-state index contributed by atoms with van der Waals surface area (Å²) in [6.45, 7) is 0. The molecule has 0 heterocycles. The lowest BCUT2D eigenvalue weighted by molar-refractivity contribution is -0.138. The van der Waals surface area contributed by atoms with Crippen LogP contribution in [-0.4, -0.2) is 60.8 Å². The lowest BCUT2D eigenvalue weighted by Crippen LogP contribution is -2.20. The zero-order valence-electron chi connectivity index (χ0n) is 44.8. The number of nitrogens with one attached hydrogen (secondary N) is 1. The number of nitrogens with zero attached hydrogens (tertiary/aromatic N) is 2. The summed E-state index contributed by atoms with van der Waals surface area (Å²) in [5.41, 5.74) is -1.23. The van der Waals surface area contributed by atoms with E-state index in [4.69, 9.17) is 29.1 Å². The summed E-state index contributed by atoms with van der Waals surface area (Å²) in [7, 11) is -15.3. The second kappa shape index (κ2) is 30.4. The Hall–Kier alpha value is -8.82. The number of benzene rings is 8. The van der Waals surface area contributed by atoms with Gasteiger partial charge >= 0.3 is 48.9 Å². The monoisotopic (exact) mass is 1360 g/mol. The number of carbonyl (C=O) groups is 1. The minimum Gasteiger partial charge on any atom is -0.378 e. The van der Waals surface area contributed by atoms with Crippen molar-refractivity contribution >= 4 is 78.8 Å². The van der Waals surface area contributed by atoms with Gasteiger partial charge in [-0.2, -0.15) is 75.0 Å². The molecule has 0 fully saturated rings. The van der Waals surface area contributed by atoms with Crippen LogP contribution in [0.3, 0.4) is 0 Å². The molecule has 8 rings (SSSR count). The highest BCUT2D eigenvalue weighted by atomic mass is 35.7. The highest BCUT2D eigenvalue weighted by Gasteiger charge is 2.33. The normalized spacial score (nSPS) is 12.2. The number of rotatable bonds is 18. The molecule has 0 saturated heterocycles. The summed E-state index contributed by atoms with van der Waals surface area (Å²) in [5, 5.41) is 6.93. The number of aldehydes is 1. The highest BCUT2D eigenvalue weighted by molar-refractivity contribution is 8.13. The number of alkyl halides is 9. The molecule has 0 amide bonds. The van der Waals surface area contributed by atoms with Gasteiger partial charge in [-0.1, -0.05) is 97.1 Å². The van der Waals surface area contributed by atoms with Crippen LogP contribution in [0.15, 0.2) is 231 Å². The first kappa shape index (κ1) is 70.9. The van der Waals surface area contributed by atoms with E-state index in [1.807, 2.05) is 10.9 Å². The smallest absolute Gasteiger partial charge is 0.378 e. The van der Waals surface area contributed by atoms with Gasteiger partial charge in [-0.25, -0.2) is 21.7 Å². The van der Waals surface area contributed by atoms with Gasteiger partial charge in [0.1, 0.15) is 14.7 Å². The Morgan fingerprint density at radius 3 is 1.01 bits per heavy atom. The largest absolute Gasteiger partial charge is 0.416 e. The molecule has 89 heavy (non-hydrogen) atoms. The molecule has 3 N–H and O–H groups in total. The van der Waals surface area contributed by atoms with Gasteiger partial charge in [0.05, 0.1) is 46.2 Å². The van der Waals surface area contributed by atoms with E-state index in [1.54, 1.807) is 60.7 Å². The third-order valence-electron chi connectivity index (χ3n) is 10.9. The van der Waals surface area contributed by atoms with Gasteiger partial charge in [0, 0.05) is 21.8 Å². The number of sulfonamides is 1. The van der Waals surface area contributed by atoms with Crippen LogP contribution >= 0.6 is 10.7 Å². The van der Waals surface area contributed by atoms with E-state index < -0.39 is 99.3 Å². The van der Waals surface area contributed by atoms with E-state index in [0.717, 1.165) is 42.6 Å². The summed E-state index contributed by atoms with van der Waals surface area (Å²) in [6, 6.07) is 43.3. The van der Waals surface area contributed by atoms with E-state index in [-0.39, 0.29) is 39.9 Å². The van der Waals surface area contributed by atoms with Crippen molar-refractivity contribution in [2.45, 2.75) is 44.7 Å². The van der Waals surface area contributed by atoms with Gasteiger partial charge in [0.25, 0.3) is 10.0 Å². The number of nitrogens with two attached hydrogens (primary N) is 1. The van der Waals surface area contributed by atoms with Crippen molar-refractivity contribution in [2.75, 3.05) is 0 Å². The van der Waals surface area contributed by atoms with E-state index in [9.17, 15) is 86.4 Å². The average molecular weight is 1360 g/mol. The molecule has 33 heteroatoms. The number of carbonyl (C=O) groups excluding carboxylic acids is 1. The standard InChI is InChI=1S/C21H17F3N2O5S2.C14H11F3N2O3S.C14H9F3O4S.C7H7ClO2S/c22-21(23,24)18-10-12-19(13-11-18)33(29,30)31-20-9-5-4-8-17(20)14-25-26-32(27,28)15-16-6-2-1-3-7-16;15-14(16,17)11-5-7-12(8-6-11)23(20,21)22-13-4-2-1-3-10(13)9-19-18;15-14(16,17)11-5-7-12(8-6-11)22(19,20)21-13-4-2-1-3-10(13)9-18;8-11(9,10)6-7-4-2-1-3-5-7/h1-14,26H,15H2;1-9H,18H2;1-9H;1-5H,6H2/b25-14+;19-9+;;. The Kier molecular flexibility index (Phi) is 24.2. The summed E-state index contributed by atoms with van der Waals surface area (Å²) in [6.07, 6.45) is -11.1. The van der Waals surface area contributed by atoms with Gasteiger partial charge in [-0.15, -0.1) is 0 Å². The number of hydrazone groups is 2. The van der Waals surface area contributed by atoms with Crippen LogP contribution < -0.4 is 23.2 Å². The van der Waals surface area contributed by atoms with Crippen LogP contribution in [0.1, 0.15) is 49.3 Å². The third-order valence-corrected chi connectivity index (χ3v) is 16.7. The summed E-state index contributed by atoms with van der Waals surface area (Å²) in [5.74, 6) is 4.18. The zero-order valence-corrected chi connectivity index (χ0v) is 49.6. The predicted molar refractivity (Wildman–Crippen MR) is 309 cm³/mol. The second-order valence-electron chi connectivity index (χ2n) is 17.5. The van der Waals surface area contributed by atoms with Crippen LogP contribution in [0.2, 0.25) is 0 Å². The summed E-state index contributed by atoms with van der Waals surface area (Å²) in [4.78, 5) is 11.5. The van der Waals surface area contributed by atoms with Crippen molar-refractivity contribution in [1.29, 1.82) is 0 Å². The molecular weight excluding hydrogens is 1320 g/mol. The van der Waals surface area contributed by atoms with E-state index in [1.165, 1.54) is 72.9 Å². The number of para-hydroxylation sites is 3. The van der Waals surface area contributed by atoms with E-state index in [2.05, 4.69) is 10.2 Å². The maximum atomic E-state index is 12.7. The van der Waals surface area contributed by atoms with E-state index in [0.29, 0.717) is 59.4 Å². The first-order valence-electron chi connectivity index (χ1n) is 24.4. The van der Waals surface area contributed by atoms with Crippen molar-refractivity contribution in [3.8, 4) is 17.2 Å². The molecule has 0 aliphatic heterocycles. The molecule has 472 valence electrons. The van der Waals surface area contributed by atoms with Gasteiger partial charge in [0.15, 0.2) is 23.5 Å². The molecular formula is C56H44ClF9N4O14S5. The van der Waals surface area contributed by atoms with Crippen LogP contribution in [0.4, 0.5) is 39.5 Å². The Morgan fingerprint density at radius 1 is 0.404 bits per heavy atom. The molecule has 0 atom stereocenters. The SMILES string of the molecule is N/N=C/c1ccccc1OS(=O)(=O)c1ccc(C(F)(F)F)cc1.O=Cc1ccccc1OS(=O)(=O)c1ccc(C(F)(F)F)cc1.O=S(=O)(Cc1ccccc1)N/N=C/c1ccccc1OS(=O)(=O)c1ccc(C(F)(F)F)cc1.O=S(=O)(Cl)Cc1ccccc1. The van der Waals surface area contributed by atoms with Crippen LogP contribution in [0.25, 0.3) is 0 Å². The number of halogens is 10. The molecule has 0 saturated carbocycles. The first-order valence-corrected chi connectivity index (χ1v) is 32.7. The third kappa shape index (κ3) is 23.0. The van der Waals surface area contributed by atoms with Crippen molar-refractivity contribution in [1.82, 2.24) is 4.83 Å². The number of hydrogen-bond donors (Lipinski definition) is 2. The Bertz CT molecular complexity index is 4330. The fourth-order valence-corrected chi connectivity index (χ4v) is 11.5. The lowest BCUT2D eigenvalue weighted by Gasteiger charge is -2.11. The van der Waals surface area contributed by atoms with Crippen LogP contribution in [-0.2, 0) is 79.5 Å². The van der Waals surface area contributed by atoms with Crippen LogP contribution in [0.5, 0.6) is 17.2 Å². The minimum absolute atomic E-state index is 0.0120. The molecule has 0 aromatic heterocycles. The Morgan fingerprint density at radius 2 is 0.697 bits per heavy atom. The molecule has 0 aliphatic carbocycles. The van der Waals surface area contributed by atoms with Gasteiger partial charge in [0.2, 0.25) is 9.05 Å². The molecule has 0 radical (unpaired) electrons. The molecule has 8 aromatic carbocycles. The summed E-state index contributed by atoms with van der Waals surface area (Å²) >= 11 is 0. The highest BCUT2D eigenvalue weighted by Crippen LogP contribution is 2.33. The van der Waals surface area contributed by atoms with Gasteiger partial charge < -0.3 is 18.4 Å². The molecule has 0 aliphatic rings. The summed E-state index contributed by atoms with van der Waals surface area (Å²) < 4.78 is 246. The fraction of sp³-hybridized carbons (Fsp3) is 0.0893. The van der Waals surface area contributed by atoms with Gasteiger partial charge in [-0.05, 0) is 120 Å². The topological polar surface area (TPSA) is 278 Å². The average Bonchev–Trinajstić information content (AvgIpc) is 1.56. The van der Waals surface area contributed by atoms with Crippen molar-refractivity contribution in [3.05, 3.63) is 251 Å². The van der Waals surface area contributed by atoms with Crippen molar-refractivity contribution in [3.63, 3.8) is 0 Å². The maximum Gasteiger partial charge on any atom is 0.416 e. The lowest BCUT2D eigenvalue weighted by atomic mass is 10.2. The van der Waals surface area contributed by atoms with Gasteiger partial charge in [-0.3, -0.25) is 4.79 Å². The van der Waals surface area contributed by atoms with Crippen LogP contribution in [0, 0.1) is 0 Å². The predicted octanol–water partition coefficient (Wildman–Crippen LogP) is 11.7. The fourth-order valence-electron chi connectivity index (χ4n) is 6.77. The Balaban J connectivity index is 0.000000228.